The molecule has 49 heavy (non-hydrogen) atoms. The summed E-state index contributed by atoms with van der Waals surface area (Å²) < 4.78 is 27.8. The number of rotatable bonds is 10. The van der Waals surface area contributed by atoms with Gasteiger partial charge < -0.3 is 15.2 Å². The molecular weight excluding hydrogens is 651 g/mol. The number of halogens is 2. The first-order valence-electron chi connectivity index (χ1n) is 16.2. The van der Waals surface area contributed by atoms with E-state index in [0.29, 0.717) is 73.7 Å². The van der Waals surface area contributed by atoms with Crippen LogP contribution in [0.4, 0.5) is 10.1 Å². The number of carbonyl (C=O) groups excluding carboxylic acids is 2. The number of carbonyl (C=O) groups is 2. The van der Waals surface area contributed by atoms with Gasteiger partial charge in [-0.1, -0.05) is 17.7 Å². The number of pyridine rings is 2. The molecule has 0 unspecified atom stereocenters. The second kappa shape index (κ2) is 11.6. The van der Waals surface area contributed by atoms with Crippen molar-refractivity contribution in [2.24, 2.45) is 11.7 Å². The second-order valence-electron chi connectivity index (χ2n) is 12.9. The molecule has 0 saturated heterocycles. The van der Waals surface area contributed by atoms with Crippen LogP contribution in [0.5, 0.6) is 5.75 Å². The van der Waals surface area contributed by atoms with Crippen LogP contribution in [0.25, 0.3) is 22.2 Å². The van der Waals surface area contributed by atoms with Gasteiger partial charge in [0.2, 0.25) is 0 Å². The second-order valence-corrected chi connectivity index (χ2v) is 13.3. The molecule has 1 atom stereocenters. The molecule has 5 aromatic rings. The summed E-state index contributed by atoms with van der Waals surface area (Å²) >= 11 is 6.01. The molecule has 1 aromatic carbocycles. The van der Waals surface area contributed by atoms with Crippen molar-refractivity contribution < 1.29 is 23.5 Å². The Kier molecular flexibility index (Phi) is 7.37. The van der Waals surface area contributed by atoms with Crippen LogP contribution in [-0.2, 0) is 28.0 Å². The van der Waals surface area contributed by atoms with E-state index in [9.17, 15) is 14.0 Å². The van der Waals surface area contributed by atoms with E-state index in [1.54, 1.807) is 38.2 Å². The summed E-state index contributed by atoms with van der Waals surface area (Å²) in [6, 6.07) is 8.44. The van der Waals surface area contributed by atoms with E-state index in [4.69, 9.17) is 36.9 Å². The van der Waals surface area contributed by atoms with Crippen LogP contribution in [0.15, 0.2) is 55.1 Å². The predicted molar refractivity (Wildman–Crippen MR) is 177 cm³/mol. The zero-order valence-corrected chi connectivity index (χ0v) is 27.6. The van der Waals surface area contributed by atoms with Crippen molar-refractivity contribution >= 4 is 40.1 Å². The zero-order chi connectivity index (χ0) is 34.1. The number of primary amides is 1. The average molecular weight is 683 g/mol. The van der Waals surface area contributed by atoms with Gasteiger partial charge >= 0.3 is 0 Å². The molecule has 8 rings (SSSR count). The van der Waals surface area contributed by atoms with Gasteiger partial charge in [0.1, 0.15) is 22.9 Å². The third-order valence-electron chi connectivity index (χ3n) is 9.42. The monoisotopic (exact) mass is 682 g/mol. The highest BCUT2D eigenvalue weighted by Crippen LogP contribution is 2.51. The summed E-state index contributed by atoms with van der Waals surface area (Å²) in [6.45, 7) is 3.60. The third kappa shape index (κ3) is 5.37. The number of hydrogen-bond acceptors (Lipinski definition) is 9. The maximum atomic E-state index is 13.8. The van der Waals surface area contributed by atoms with E-state index in [0.717, 1.165) is 25.7 Å². The Labute approximate surface area is 285 Å². The van der Waals surface area contributed by atoms with Crippen molar-refractivity contribution in [2.75, 3.05) is 11.5 Å². The van der Waals surface area contributed by atoms with E-state index in [1.165, 1.54) is 29.6 Å². The third-order valence-corrected chi connectivity index (χ3v) is 9.62. The van der Waals surface area contributed by atoms with E-state index in [2.05, 4.69) is 15.0 Å². The first-order valence-corrected chi connectivity index (χ1v) is 16.6. The number of amides is 2. The van der Waals surface area contributed by atoms with Crippen molar-refractivity contribution in [3.05, 3.63) is 88.7 Å². The Bertz CT molecular complexity index is 2130. The van der Waals surface area contributed by atoms with Gasteiger partial charge in [0.15, 0.2) is 5.65 Å². The number of anilines is 1. The van der Waals surface area contributed by atoms with Crippen LogP contribution in [0, 0.1) is 11.7 Å². The number of fused-ring (bicyclic) bond motifs is 2. The van der Waals surface area contributed by atoms with E-state index >= 15 is 0 Å². The van der Waals surface area contributed by atoms with Gasteiger partial charge in [-0.2, -0.15) is 5.10 Å². The van der Waals surface area contributed by atoms with E-state index in [1.807, 2.05) is 10.7 Å². The number of nitrogens with two attached hydrogens (primary N) is 1. The largest absolute Gasteiger partial charge is 0.451 e. The fourth-order valence-corrected chi connectivity index (χ4v) is 6.82. The summed E-state index contributed by atoms with van der Waals surface area (Å²) in [7, 11) is 0. The molecule has 2 N–H and O–H groups in total. The van der Waals surface area contributed by atoms with Crippen LogP contribution in [0.1, 0.15) is 67.1 Å². The molecule has 2 aliphatic carbocycles. The molecule has 12 nitrogen and oxygen atoms in total. The highest BCUT2D eigenvalue weighted by Gasteiger charge is 2.50. The minimum absolute atomic E-state index is 0.0399. The Hall–Kier alpha value is -5.01. The minimum Gasteiger partial charge on any atom is -0.451 e. The van der Waals surface area contributed by atoms with Gasteiger partial charge in [-0.15, -0.1) is 0 Å². The van der Waals surface area contributed by atoms with Crippen molar-refractivity contribution in [1.82, 2.24) is 29.7 Å². The standard InChI is InChI=1S/C35H32ClFN8O4/c1-3-48-34(2)33(47)44(18-28-40-14-21(36)15-41-28)25-8-6-20(13-26(25)49-34)29-23-17-42-45(35(10-11-35)27-9-7-22(37)16-39-27)32(23)43-24(12-19-4-5-19)30(29)31(38)46/h6-9,13-17,19H,3-5,10-12,18H2,1-2H3,(H2,38,46)/t34-/m1/s1. The molecule has 0 bridgehead atoms. The maximum Gasteiger partial charge on any atom is 0.300 e. The first kappa shape index (κ1) is 31.3. The Balaban J connectivity index is 1.30. The number of ether oxygens (including phenoxy) is 2. The number of aromatic nitrogens is 6. The number of benzene rings is 1. The van der Waals surface area contributed by atoms with Crippen molar-refractivity contribution in [3.8, 4) is 16.9 Å². The highest BCUT2D eigenvalue weighted by atomic mass is 35.5. The molecule has 2 saturated carbocycles. The Morgan fingerprint density at radius 2 is 1.90 bits per heavy atom. The quantitative estimate of drug-likeness (QED) is 0.206. The molecule has 250 valence electrons. The highest BCUT2D eigenvalue weighted by molar-refractivity contribution is 6.30. The fourth-order valence-electron chi connectivity index (χ4n) is 6.72. The van der Waals surface area contributed by atoms with Crippen LogP contribution in [-0.4, -0.2) is 53.9 Å². The van der Waals surface area contributed by atoms with Crippen molar-refractivity contribution in [3.63, 3.8) is 0 Å². The average Bonchev–Trinajstić information content (AvgIpc) is 4.02. The molecule has 5 heterocycles. The normalized spacial score (nSPS) is 19.5. The topological polar surface area (TPSA) is 151 Å². The van der Waals surface area contributed by atoms with Gasteiger partial charge in [0.05, 0.1) is 46.6 Å². The summed E-state index contributed by atoms with van der Waals surface area (Å²) in [4.78, 5) is 46.7. The van der Waals surface area contributed by atoms with Gasteiger partial charge in [0, 0.05) is 36.9 Å². The molecule has 14 heteroatoms. The van der Waals surface area contributed by atoms with E-state index < -0.39 is 29.0 Å². The van der Waals surface area contributed by atoms with Crippen LogP contribution < -0.4 is 15.4 Å². The Morgan fingerprint density at radius 3 is 2.55 bits per heavy atom. The first-order chi connectivity index (χ1) is 23.6. The molecule has 0 radical (unpaired) electrons. The van der Waals surface area contributed by atoms with Crippen LogP contribution >= 0.6 is 11.6 Å². The molecule has 4 aromatic heterocycles. The lowest BCUT2D eigenvalue weighted by molar-refractivity contribution is -0.187. The number of hydrogen-bond donors (Lipinski definition) is 1. The molecular formula is C35H32ClFN8O4. The molecule has 1 aliphatic heterocycles. The summed E-state index contributed by atoms with van der Waals surface area (Å²) in [5.74, 6) is -1.96. The molecule has 0 spiro atoms. The van der Waals surface area contributed by atoms with Gasteiger partial charge in [0.25, 0.3) is 17.6 Å². The summed E-state index contributed by atoms with van der Waals surface area (Å²) in [5, 5.41) is 5.80. The SMILES string of the molecule is CCO[C@]1(C)Oc2cc(-c3c(C(N)=O)c(CC4CC4)nc4c3cnn4C3(c4ccc(F)cn4)CC3)ccc2N(Cc2ncc(Cl)cn2)C1=O. The van der Waals surface area contributed by atoms with Crippen LogP contribution in [0.3, 0.4) is 0 Å². The fraction of sp³-hybridized carbons (Fsp3) is 0.343. The lowest BCUT2D eigenvalue weighted by atomic mass is 9.93. The maximum absolute atomic E-state index is 13.8. The van der Waals surface area contributed by atoms with E-state index in [-0.39, 0.29) is 13.2 Å². The number of nitrogens with zero attached hydrogens (tertiary/aromatic N) is 7. The zero-order valence-electron chi connectivity index (χ0n) is 26.8. The van der Waals surface area contributed by atoms with Gasteiger partial charge in [-0.3, -0.25) is 19.5 Å². The predicted octanol–water partition coefficient (Wildman–Crippen LogP) is 5.34. The van der Waals surface area contributed by atoms with Crippen molar-refractivity contribution in [1.29, 1.82) is 0 Å². The lowest BCUT2D eigenvalue weighted by Gasteiger charge is -2.40. The van der Waals surface area contributed by atoms with Crippen molar-refractivity contribution in [2.45, 2.75) is 63.8 Å². The molecule has 2 fully saturated rings. The van der Waals surface area contributed by atoms with Crippen LogP contribution in [0.2, 0.25) is 5.02 Å². The lowest BCUT2D eigenvalue weighted by Crippen LogP contribution is -2.55. The minimum atomic E-state index is -1.64. The smallest absolute Gasteiger partial charge is 0.300 e. The molecule has 3 aliphatic rings. The summed E-state index contributed by atoms with van der Waals surface area (Å²) in [5.41, 5.74) is 9.38. The Morgan fingerprint density at radius 1 is 1.12 bits per heavy atom. The molecule has 2 amide bonds. The van der Waals surface area contributed by atoms with Gasteiger partial charge in [-0.25, -0.2) is 24.0 Å². The summed E-state index contributed by atoms with van der Waals surface area (Å²) in [6.07, 6.45) is 10.0. The van der Waals surface area contributed by atoms with Gasteiger partial charge in [-0.05, 0) is 74.8 Å².